The van der Waals surface area contributed by atoms with Gasteiger partial charge in [0.1, 0.15) is 12.4 Å². The zero-order valence-electron chi connectivity index (χ0n) is 18.7. The van der Waals surface area contributed by atoms with Crippen molar-refractivity contribution in [1.29, 1.82) is 0 Å². The molecule has 1 saturated heterocycles. The van der Waals surface area contributed by atoms with Gasteiger partial charge in [0.2, 0.25) is 10.0 Å². The minimum atomic E-state index is -3.50. The lowest BCUT2D eigenvalue weighted by molar-refractivity contribution is 0.00578. The molecular weight excluding hydrogens is 417 g/mol. The van der Waals surface area contributed by atoms with Gasteiger partial charge in [-0.15, -0.1) is 0 Å². The molecule has 0 aliphatic carbocycles. The maximum absolute atomic E-state index is 11.9. The Morgan fingerprint density at radius 2 is 1.61 bits per heavy atom. The van der Waals surface area contributed by atoms with Gasteiger partial charge in [0.15, 0.2) is 0 Å². The van der Waals surface area contributed by atoms with Crippen molar-refractivity contribution in [2.75, 3.05) is 24.2 Å². The number of rotatable bonds is 9. The molecule has 1 aliphatic heterocycles. The highest BCUT2D eigenvalue weighted by Gasteiger charge is 2.51. The summed E-state index contributed by atoms with van der Waals surface area (Å²) in [7, 11) is -4.10. The Morgan fingerprint density at radius 3 is 2.23 bits per heavy atom. The molecule has 0 radical (unpaired) electrons. The molecule has 1 N–H and O–H groups in total. The average Bonchev–Trinajstić information content (AvgIpc) is 2.89. The number of ether oxygens (including phenoxy) is 2. The summed E-state index contributed by atoms with van der Waals surface area (Å²) in [5.74, 6) is 0.411. The second-order valence-corrected chi connectivity index (χ2v) is 10.4. The van der Waals surface area contributed by atoms with Crippen molar-refractivity contribution in [3.8, 4) is 5.75 Å². The second-order valence-electron chi connectivity index (χ2n) is 8.60. The second kappa shape index (κ2) is 9.20. The molecule has 2 aromatic rings. The molecule has 0 aromatic heterocycles. The largest absolute Gasteiger partial charge is 0.494 e. The molecule has 9 heteroatoms. The Hall–Kier alpha value is -2.07. The fourth-order valence-corrected chi connectivity index (χ4v) is 3.61. The van der Waals surface area contributed by atoms with E-state index in [0.29, 0.717) is 30.1 Å². The predicted molar refractivity (Wildman–Crippen MR) is 122 cm³/mol. The molecule has 3 rings (SSSR count). The standard InChI is InChI=1S/C22H30BNO6S/c1-21(2)22(3,4)30-23(29-21)18-11-12-20(19(15-18)24-31(5,25)26)28-14-13-27-16-17-9-7-6-8-10-17/h6-12,15,24H,13-14,16H2,1-5H3. The van der Waals surface area contributed by atoms with E-state index in [1.54, 1.807) is 12.1 Å². The first-order chi connectivity index (χ1) is 14.5. The first kappa shape index (κ1) is 23.6. The van der Waals surface area contributed by atoms with Crippen LogP contribution in [0.15, 0.2) is 48.5 Å². The lowest BCUT2D eigenvalue weighted by atomic mass is 9.79. The summed E-state index contributed by atoms with van der Waals surface area (Å²) in [5, 5.41) is 0. The number of benzene rings is 2. The van der Waals surface area contributed by atoms with Crippen LogP contribution in [0.1, 0.15) is 33.3 Å². The summed E-state index contributed by atoms with van der Waals surface area (Å²) < 4.78 is 49.8. The maximum Gasteiger partial charge on any atom is 0.494 e. The summed E-state index contributed by atoms with van der Waals surface area (Å²) in [6.07, 6.45) is 1.10. The van der Waals surface area contributed by atoms with E-state index in [0.717, 1.165) is 11.8 Å². The lowest BCUT2D eigenvalue weighted by Gasteiger charge is -2.32. The van der Waals surface area contributed by atoms with Gasteiger partial charge in [-0.3, -0.25) is 4.72 Å². The van der Waals surface area contributed by atoms with Crippen LogP contribution in [0, 0.1) is 0 Å². The Bertz CT molecular complexity index is 978. The van der Waals surface area contributed by atoms with Crippen LogP contribution in [0.2, 0.25) is 0 Å². The number of nitrogens with one attached hydrogen (secondary N) is 1. The molecule has 1 aliphatic rings. The fraction of sp³-hybridized carbons (Fsp3) is 0.455. The molecule has 168 valence electrons. The van der Waals surface area contributed by atoms with E-state index in [-0.39, 0.29) is 6.61 Å². The van der Waals surface area contributed by atoms with Crippen molar-refractivity contribution >= 4 is 28.3 Å². The van der Waals surface area contributed by atoms with Crippen LogP contribution in [0.5, 0.6) is 5.75 Å². The van der Waals surface area contributed by atoms with E-state index in [9.17, 15) is 8.42 Å². The maximum atomic E-state index is 11.9. The van der Waals surface area contributed by atoms with Crippen LogP contribution < -0.4 is 14.9 Å². The summed E-state index contributed by atoms with van der Waals surface area (Å²) >= 11 is 0. The summed E-state index contributed by atoms with van der Waals surface area (Å²) in [6.45, 7) is 9.00. The molecule has 7 nitrogen and oxygen atoms in total. The molecule has 0 bridgehead atoms. The Kier molecular flexibility index (Phi) is 7.00. The Balaban J connectivity index is 1.67. The first-order valence-corrected chi connectivity index (χ1v) is 12.1. The van der Waals surface area contributed by atoms with E-state index >= 15 is 0 Å². The number of hydrogen-bond donors (Lipinski definition) is 1. The number of sulfonamides is 1. The predicted octanol–water partition coefficient (Wildman–Crippen LogP) is 2.95. The highest BCUT2D eigenvalue weighted by atomic mass is 32.2. The zero-order chi connectivity index (χ0) is 22.7. The van der Waals surface area contributed by atoms with Crippen LogP contribution in [0.25, 0.3) is 0 Å². The quantitative estimate of drug-likeness (QED) is 0.470. The van der Waals surface area contributed by atoms with Gasteiger partial charge >= 0.3 is 7.12 Å². The molecule has 0 spiro atoms. The molecule has 31 heavy (non-hydrogen) atoms. The molecule has 1 heterocycles. The van der Waals surface area contributed by atoms with Crippen molar-refractivity contribution in [3.63, 3.8) is 0 Å². The molecule has 1 fully saturated rings. The normalized spacial score (nSPS) is 17.5. The van der Waals surface area contributed by atoms with E-state index in [2.05, 4.69) is 4.72 Å². The average molecular weight is 447 g/mol. The van der Waals surface area contributed by atoms with Crippen molar-refractivity contribution < 1.29 is 27.2 Å². The number of hydrogen-bond acceptors (Lipinski definition) is 6. The first-order valence-electron chi connectivity index (χ1n) is 10.2. The van der Waals surface area contributed by atoms with Crippen LogP contribution in [-0.4, -0.2) is 46.2 Å². The molecule has 0 amide bonds. The smallest absolute Gasteiger partial charge is 0.489 e. The van der Waals surface area contributed by atoms with Gasteiger partial charge in [0, 0.05) is 0 Å². The van der Waals surface area contributed by atoms with E-state index in [1.165, 1.54) is 0 Å². The molecule has 0 atom stereocenters. The molecule has 0 unspecified atom stereocenters. The van der Waals surface area contributed by atoms with Crippen LogP contribution in [-0.2, 0) is 30.7 Å². The summed E-state index contributed by atoms with van der Waals surface area (Å²) in [4.78, 5) is 0. The van der Waals surface area contributed by atoms with Gasteiger partial charge < -0.3 is 18.8 Å². The highest BCUT2D eigenvalue weighted by Crippen LogP contribution is 2.37. The molecule has 0 saturated carbocycles. The third-order valence-electron chi connectivity index (χ3n) is 5.42. The van der Waals surface area contributed by atoms with E-state index < -0.39 is 28.3 Å². The van der Waals surface area contributed by atoms with Crippen molar-refractivity contribution in [2.24, 2.45) is 0 Å². The third-order valence-corrected chi connectivity index (χ3v) is 6.01. The summed E-state index contributed by atoms with van der Waals surface area (Å²) in [5.41, 5.74) is 1.13. The van der Waals surface area contributed by atoms with Gasteiger partial charge in [0.25, 0.3) is 0 Å². The Morgan fingerprint density at radius 1 is 0.968 bits per heavy atom. The third kappa shape index (κ3) is 6.23. The topological polar surface area (TPSA) is 83.1 Å². The van der Waals surface area contributed by atoms with Crippen molar-refractivity contribution in [1.82, 2.24) is 0 Å². The van der Waals surface area contributed by atoms with Crippen LogP contribution in [0.3, 0.4) is 0 Å². The molecule has 2 aromatic carbocycles. The monoisotopic (exact) mass is 447 g/mol. The van der Waals surface area contributed by atoms with Gasteiger partial charge in [-0.05, 0) is 50.9 Å². The zero-order valence-corrected chi connectivity index (χ0v) is 19.5. The molecular formula is C22H30BNO6S. The van der Waals surface area contributed by atoms with Crippen molar-refractivity contribution in [2.45, 2.75) is 45.5 Å². The Labute approximate surface area is 185 Å². The van der Waals surface area contributed by atoms with Gasteiger partial charge in [-0.1, -0.05) is 36.4 Å². The SMILES string of the molecule is CC1(C)OB(c2ccc(OCCOCc3ccccc3)c(NS(C)(=O)=O)c2)OC1(C)C. The number of anilines is 1. The minimum absolute atomic E-state index is 0.279. The van der Waals surface area contributed by atoms with Crippen LogP contribution >= 0.6 is 0 Å². The van der Waals surface area contributed by atoms with Crippen molar-refractivity contribution in [3.05, 3.63) is 54.1 Å². The van der Waals surface area contributed by atoms with Crippen LogP contribution in [0.4, 0.5) is 5.69 Å². The van der Waals surface area contributed by atoms with E-state index in [1.807, 2.05) is 64.1 Å². The lowest BCUT2D eigenvalue weighted by Crippen LogP contribution is -2.41. The summed E-state index contributed by atoms with van der Waals surface area (Å²) in [6, 6.07) is 15.1. The fourth-order valence-electron chi connectivity index (χ4n) is 3.05. The van der Waals surface area contributed by atoms with Gasteiger partial charge in [0.05, 0.1) is 36.4 Å². The van der Waals surface area contributed by atoms with E-state index in [4.69, 9.17) is 18.8 Å². The van der Waals surface area contributed by atoms with Gasteiger partial charge in [-0.2, -0.15) is 0 Å². The van der Waals surface area contributed by atoms with Gasteiger partial charge in [-0.25, -0.2) is 8.42 Å². The minimum Gasteiger partial charge on any atom is -0.489 e. The highest BCUT2D eigenvalue weighted by molar-refractivity contribution is 7.92.